The Morgan fingerprint density at radius 2 is 2.16 bits per heavy atom. The summed E-state index contributed by atoms with van der Waals surface area (Å²) in [4.78, 5) is 14.0. The maximum absolute atomic E-state index is 11.8. The lowest BCUT2D eigenvalue weighted by molar-refractivity contribution is -0.124. The Bertz CT molecular complexity index is 421. The summed E-state index contributed by atoms with van der Waals surface area (Å²) < 4.78 is 5.21. The smallest absolute Gasteiger partial charge is 0.235 e. The number of rotatable bonds is 5. The third-order valence-corrected chi connectivity index (χ3v) is 4.01. The van der Waals surface area contributed by atoms with Crippen LogP contribution < -0.4 is 5.73 Å². The molecule has 3 unspecified atom stereocenters. The monoisotopic (exact) mass is 262 g/mol. The number of nitrogens with zero attached hydrogens (tertiary/aromatic N) is 1. The first kappa shape index (κ1) is 14.0. The van der Waals surface area contributed by atoms with Crippen molar-refractivity contribution in [2.75, 3.05) is 20.3 Å². The summed E-state index contributed by atoms with van der Waals surface area (Å²) in [6.45, 7) is 3.60. The van der Waals surface area contributed by atoms with Gasteiger partial charge in [-0.1, -0.05) is 30.3 Å². The number of hydrogen-bond donors (Lipinski definition) is 1. The highest BCUT2D eigenvalue weighted by molar-refractivity contribution is 5.80. The highest BCUT2D eigenvalue weighted by atomic mass is 16.5. The Morgan fingerprint density at radius 1 is 1.47 bits per heavy atom. The third-order valence-electron chi connectivity index (χ3n) is 4.01. The SMILES string of the molecule is COCC1CCN(C(C)c2ccccc2)C1C(N)=O. The topological polar surface area (TPSA) is 55.6 Å². The maximum Gasteiger partial charge on any atom is 0.235 e. The highest BCUT2D eigenvalue weighted by Gasteiger charge is 2.40. The van der Waals surface area contributed by atoms with E-state index in [4.69, 9.17) is 10.5 Å². The van der Waals surface area contributed by atoms with Crippen LogP contribution in [0.1, 0.15) is 24.9 Å². The van der Waals surface area contributed by atoms with E-state index in [1.54, 1.807) is 7.11 Å². The van der Waals surface area contributed by atoms with E-state index in [1.807, 2.05) is 18.2 Å². The normalized spacial score (nSPS) is 25.4. The van der Waals surface area contributed by atoms with Crippen LogP contribution in [0.25, 0.3) is 0 Å². The number of carbonyl (C=O) groups is 1. The van der Waals surface area contributed by atoms with Gasteiger partial charge in [-0.25, -0.2) is 0 Å². The average molecular weight is 262 g/mol. The molecule has 4 heteroatoms. The Hall–Kier alpha value is -1.39. The number of nitrogens with two attached hydrogens (primary N) is 1. The Kier molecular flexibility index (Phi) is 4.56. The van der Waals surface area contributed by atoms with Crippen molar-refractivity contribution in [2.45, 2.75) is 25.4 Å². The van der Waals surface area contributed by atoms with Gasteiger partial charge in [0.1, 0.15) is 0 Å². The van der Waals surface area contributed by atoms with Crippen LogP contribution in [0.15, 0.2) is 30.3 Å². The zero-order valence-corrected chi connectivity index (χ0v) is 11.6. The van der Waals surface area contributed by atoms with Gasteiger partial charge in [-0.05, 0) is 25.5 Å². The van der Waals surface area contributed by atoms with Gasteiger partial charge in [0.05, 0.1) is 12.6 Å². The van der Waals surface area contributed by atoms with Crippen molar-refractivity contribution in [3.05, 3.63) is 35.9 Å². The first-order valence-corrected chi connectivity index (χ1v) is 6.74. The molecule has 0 radical (unpaired) electrons. The van der Waals surface area contributed by atoms with Crippen LogP contribution in [-0.4, -0.2) is 37.1 Å². The molecule has 19 heavy (non-hydrogen) atoms. The lowest BCUT2D eigenvalue weighted by Crippen LogP contribution is -2.45. The van der Waals surface area contributed by atoms with E-state index in [9.17, 15) is 4.79 Å². The largest absolute Gasteiger partial charge is 0.384 e. The standard InChI is InChI=1S/C15H22N2O2/c1-11(12-6-4-3-5-7-12)17-9-8-13(10-19-2)14(17)15(16)18/h3-7,11,13-14H,8-10H2,1-2H3,(H2,16,18). The molecule has 0 saturated carbocycles. The van der Waals surface area contributed by atoms with Crippen molar-refractivity contribution in [2.24, 2.45) is 11.7 Å². The van der Waals surface area contributed by atoms with Crippen molar-refractivity contribution >= 4 is 5.91 Å². The summed E-state index contributed by atoms with van der Waals surface area (Å²) in [5.41, 5.74) is 6.80. The molecule has 4 nitrogen and oxygen atoms in total. The predicted molar refractivity (Wildman–Crippen MR) is 74.5 cm³/mol. The lowest BCUT2D eigenvalue weighted by Gasteiger charge is -2.31. The van der Waals surface area contributed by atoms with Gasteiger partial charge >= 0.3 is 0 Å². The number of primary amides is 1. The van der Waals surface area contributed by atoms with Crippen LogP contribution in [-0.2, 0) is 9.53 Å². The molecule has 0 aromatic heterocycles. The summed E-state index contributed by atoms with van der Waals surface area (Å²) in [6, 6.07) is 10.2. The van der Waals surface area contributed by atoms with Gasteiger partial charge in [0.15, 0.2) is 0 Å². The minimum absolute atomic E-state index is 0.195. The van der Waals surface area contributed by atoms with Crippen molar-refractivity contribution in [1.29, 1.82) is 0 Å². The fourth-order valence-corrected chi connectivity index (χ4v) is 3.02. The maximum atomic E-state index is 11.8. The third kappa shape index (κ3) is 2.96. The minimum atomic E-state index is -0.248. The van der Waals surface area contributed by atoms with Crippen LogP contribution in [0.2, 0.25) is 0 Å². The summed E-state index contributed by atoms with van der Waals surface area (Å²) in [5.74, 6) is -0.0454. The molecular weight excluding hydrogens is 240 g/mol. The number of benzene rings is 1. The van der Waals surface area contributed by atoms with Gasteiger partial charge in [0.2, 0.25) is 5.91 Å². The Labute approximate surface area is 114 Å². The molecule has 2 N–H and O–H groups in total. The van der Waals surface area contributed by atoms with E-state index in [1.165, 1.54) is 5.56 Å². The molecule has 3 atom stereocenters. The Morgan fingerprint density at radius 3 is 2.74 bits per heavy atom. The van der Waals surface area contributed by atoms with Crippen molar-refractivity contribution < 1.29 is 9.53 Å². The predicted octanol–water partition coefficient (Wildman–Crippen LogP) is 1.57. The van der Waals surface area contributed by atoms with E-state index in [-0.39, 0.29) is 23.9 Å². The molecule has 1 fully saturated rings. The van der Waals surface area contributed by atoms with Crippen molar-refractivity contribution in [3.8, 4) is 0 Å². The van der Waals surface area contributed by atoms with Crippen molar-refractivity contribution in [3.63, 3.8) is 0 Å². The zero-order valence-electron chi connectivity index (χ0n) is 11.6. The molecule has 1 heterocycles. The Balaban J connectivity index is 2.17. The van der Waals surface area contributed by atoms with Crippen LogP contribution in [0.4, 0.5) is 0 Å². The van der Waals surface area contributed by atoms with Crippen LogP contribution in [0.3, 0.4) is 0 Å². The van der Waals surface area contributed by atoms with Gasteiger partial charge in [-0.2, -0.15) is 0 Å². The van der Waals surface area contributed by atoms with Gasteiger partial charge < -0.3 is 10.5 Å². The van der Waals surface area contributed by atoms with Gasteiger partial charge in [0, 0.05) is 19.1 Å². The molecule has 1 saturated heterocycles. The number of amides is 1. The molecule has 1 aliphatic heterocycles. The van der Waals surface area contributed by atoms with Gasteiger partial charge in [-0.15, -0.1) is 0 Å². The van der Waals surface area contributed by atoms with Crippen molar-refractivity contribution in [1.82, 2.24) is 4.90 Å². The molecule has 1 amide bonds. The quantitative estimate of drug-likeness (QED) is 0.876. The van der Waals surface area contributed by atoms with Gasteiger partial charge in [-0.3, -0.25) is 9.69 Å². The molecule has 0 spiro atoms. The first-order chi connectivity index (χ1) is 9.15. The fourth-order valence-electron chi connectivity index (χ4n) is 3.02. The first-order valence-electron chi connectivity index (χ1n) is 6.74. The van der Waals surface area contributed by atoms with E-state index >= 15 is 0 Å². The van der Waals surface area contributed by atoms with Gasteiger partial charge in [0.25, 0.3) is 0 Å². The summed E-state index contributed by atoms with van der Waals surface area (Å²) >= 11 is 0. The molecule has 1 aromatic carbocycles. The number of hydrogen-bond acceptors (Lipinski definition) is 3. The van der Waals surface area contributed by atoms with E-state index in [0.717, 1.165) is 13.0 Å². The second-order valence-electron chi connectivity index (χ2n) is 5.18. The second-order valence-corrected chi connectivity index (χ2v) is 5.18. The number of carbonyl (C=O) groups excluding carboxylic acids is 1. The molecule has 1 aromatic rings. The summed E-state index contributed by atoms with van der Waals surface area (Å²) in [5, 5.41) is 0. The molecule has 104 valence electrons. The molecular formula is C15H22N2O2. The summed E-state index contributed by atoms with van der Waals surface area (Å²) in [6.07, 6.45) is 0.957. The van der Waals surface area contributed by atoms with Crippen LogP contribution in [0.5, 0.6) is 0 Å². The molecule has 0 bridgehead atoms. The number of ether oxygens (including phenoxy) is 1. The van der Waals surface area contributed by atoms with E-state index in [0.29, 0.717) is 6.61 Å². The lowest BCUT2D eigenvalue weighted by atomic mass is 9.99. The van der Waals surface area contributed by atoms with E-state index < -0.39 is 0 Å². The minimum Gasteiger partial charge on any atom is -0.384 e. The van der Waals surface area contributed by atoms with Crippen LogP contribution >= 0.6 is 0 Å². The fraction of sp³-hybridized carbons (Fsp3) is 0.533. The molecule has 0 aliphatic carbocycles. The molecule has 2 rings (SSSR count). The highest BCUT2D eigenvalue weighted by Crippen LogP contribution is 2.32. The summed E-state index contributed by atoms with van der Waals surface area (Å²) in [7, 11) is 1.67. The zero-order chi connectivity index (χ0) is 13.8. The average Bonchev–Trinajstić information content (AvgIpc) is 2.83. The number of methoxy groups -OCH3 is 1. The molecule has 1 aliphatic rings. The van der Waals surface area contributed by atoms with E-state index in [2.05, 4.69) is 24.0 Å². The number of likely N-dealkylation sites (tertiary alicyclic amines) is 1. The van der Waals surface area contributed by atoms with Crippen LogP contribution in [0, 0.1) is 5.92 Å². The second kappa shape index (κ2) is 6.17.